The van der Waals surface area contributed by atoms with Crippen LogP contribution in [0.2, 0.25) is 18.6 Å². The third-order valence-electron chi connectivity index (χ3n) is 6.88. The Bertz CT molecular complexity index is 1060. The van der Waals surface area contributed by atoms with Gasteiger partial charge in [0, 0.05) is 36.2 Å². The average molecular weight is 471 g/mol. The highest BCUT2D eigenvalue weighted by Crippen LogP contribution is 2.60. The first-order chi connectivity index (χ1) is 15.6. The zero-order valence-corrected chi connectivity index (χ0v) is 20.5. The van der Waals surface area contributed by atoms with E-state index < -0.39 is 31.6 Å². The summed E-state index contributed by atoms with van der Waals surface area (Å²) in [6.07, 6.45) is -0.293. The monoisotopic (exact) mass is 470 g/mol. The molecule has 6 nitrogen and oxygen atoms in total. The summed E-state index contributed by atoms with van der Waals surface area (Å²) in [5.74, 6) is -0.874. The van der Waals surface area contributed by atoms with E-state index in [4.69, 9.17) is 4.74 Å². The molecular formula is C25H31FN2O4Si. The Morgan fingerprint density at radius 1 is 1.24 bits per heavy atom. The number of hydrogen-bond acceptors (Lipinski definition) is 4. The minimum Gasteiger partial charge on any atom is -0.396 e. The van der Waals surface area contributed by atoms with Crippen LogP contribution in [0.4, 0.5) is 15.5 Å². The van der Waals surface area contributed by atoms with Crippen molar-refractivity contribution in [3.63, 3.8) is 0 Å². The lowest BCUT2D eigenvalue weighted by Crippen LogP contribution is -2.45. The fourth-order valence-corrected chi connectivity index (χ4v) is 8.19. The molecule has 33 heavy (non-hydrogen) atoms. The topological polar surface area (TPSA) is 78.9 Å². The lowest BCUT2D eigenvalue weighted by molar-refractivity contribution is -0.146. The number of anilines is 2. The number of halogens is 1. The molecule has 2 N–H and O–H groups in total. The number of ether oxygens (including phenoxy) is 1. The van der Waals surface area contributed by atoms with Crippen LogP contribution in [-0.4, -0.2) is 38.0 Å². The van der Waals surface area contributed by atoms with E-state index in [0.29, 0.717) is 23.5 Å². The first-order valence-electron chi connectivity index (χ1n) is 11.3. The fraction of sp³-hybridized carbons (Fsp3) is 0.440. The predicted molar refractivity (Wildman–Crippen MR) is 128 cm³/mol. The van der Waals surface area contributed by atoms with Gasteiger partial charge in [-0.05, 0) is 43.3 Å². The summed E-state index contributed by atoms with van der Waals surface area (Å²) in [5, 5.41) is 12.4. The normalized spacial score (nSPS) is 26.7. The summed E-state index contributed by atoms with van der Waals surface area (Å²) >= 11 is 0. The standard InChI is InChI=1S/C25H31FN2O4Si/c1-16-23(33(3,4)26)22(12-13-29)32-25(16)20-14-19(27-17(2)30)10-11-21(20)28(24(25)31)15-18-8-6-5-7-9-18/h5-11,14,16,22-23,29H,12-13,15H2,1-4H3,(H,27,30)/t16-,22+,23-,25+/m0/s1. The number of rotatable bonds is 6. The second-order valence-electron chi connectivity index (χ2n) is 9.57. The summed E-state index contributed by atoms with van der Waals surface area (Å²) in [6, 6.07) is 15.0. The van der Waals surface area contributed by atoms with Gasteiger partial charge >= 0.3 is 0 Å². The van der Waals surface area contributed by atoms with Crippen LogP contribution in [0.25, 0.3) is 0 Å². The van der Waals surface area contributed by atoms with E-state index >= 15 is 4.11 Å². The molecule has 8 heteroatoms. The maximum absolute atomic E-state index is 15.5. The number of hydrogen-bond donors (Lipinski definition) is 2. The smallest absolute Gasteiger partial charge is 0.264 e. The van der Waals surface area contributed by atoms with Gasteiger partial charge < -0.3 is 24.2 Å². The van der Waals surface area contributed by atoms with Crippen LogP contribution >= 0.6 is 0 Å². The van der Waals surface area contributed by atoms with Crippen LogP contribution in [0.5, 0.6) is 0 Å². The van der Waals surface area contributed by atoms with Crippen molar-refractivity contribution in [3.05, 3.63) is 59.7 Å². The SMILES string of the molecule is CC(=O)Nc1ccc2c(c1)[C@@]1(O[C@H](CCO)[C@@H]([Si](C)(C)F)[C@@H]1C)C(=O)N2Cc1ccccc1. The van der Waals surface area contributed by atoms with E-state index in [2.05, 4.69) is 5.32 Å². The third-order valence-corrected chi connectivity index (χ3v) is 9.34. The molecule has 4 atom stereocenters. The second kappa shape index (κ2) is 8.66. The van der Waals surface area contributed by atoms with Crippen LogP contribution in [0.1, 0.15) is 31.4 Å². The number of carbonyl (C=O) groups excluding carboxylic acids is 2. The van der Waals surface area contributed by atoms with Gasteiger partial charge in [-0.3, -0.25) is 9.59 Å². The van der Waals surface area contributed by atoms with E-state index in [0.717, 1.165) is 5.56 Å². The Balaban J connectivity index is 1.86. The molecule has 2 amide bonds. The quantitative estimate of drug-likeness (QED) is 0.486. The van der Waals surface area contributed by atoms with Crippen molar-refractivity contribution in [1.29, 1.82) is 0 Å². The molecule has 1 fully saturated rings. The fourth-order valence-electron chi connectivity index (χ4n) is 5.65. The van der Waals surface area contributed by atoms with E-state index in [1.165, 1.54) is 6.92 Å². The van der Waals surface area contributed by atoms with Crippen molar-refractivity contribution >= 4 is 31.6 Å². The Labute approximate surface area is 194 Å². The van der Waals surface area contributed by atoms with Gasteiger partial charge in [0.05, 0.1) is 18.3 Å². The zero-order valence-electron chi connectivity index (χ0n) is 19.5. The minimum atomic E-state index is -3.24. The maximum atomic E-state index is 15.5. The Morgan fingerprint density at radius 2 is 1.94 bits per heavy atom. The van der Waals surface area contributed by atoms with E-state index in [-0.39, 0.29) is 24.8 Å². The lowest BCUT2D eigenvalue weighted by atomic mass is 9.82. The van der Waals surface area contributed by atoms with E-state index in [1.807, 2.05) is 43.3 Å². The molecule has 4 rings (SSSR count). The number of nitrogens with one attached hydrogen (secondary N) is 1. The van der Waals surface area contributed by atoms with Gasteiger partial charge in [-0.2, -0.15) is 0 Å². The van der Waals surface area contributed by atoms with Gasteiger partial charge in [-0.25, -0.2) is 0 Å². The van der Waals surface area contributed by atoms with Crippen LogP contribution in [0, 0.1) is 5.92 Å². The number of fused-ring (bicyclic) bond motifs is 2. The molecule has 0 unspecified atom stereocenters. The molecule has 2 aliphatic heterocycles. The molecule has 0 saturated carbocycles. The zero-order chi connectivity index (χ0) is 24.0. The number of benzene rings is 2. The van der Waals surface area contributed by atoms with Crippen LogP contribution < -0.4 is 10.2 Å². The van der Waals surface area contributed by atoms with Crippen molar-refractivity contribution in [2.24, 2.45) is 5.92 Å². The average Bonchev–Trinajstić information content (AvgIpc) is 3.16. The molecule has 2 aliphatic rings. The number of aliphatic hydroxyl groups excluding tert-OH is 1. The van der Waals surface area contributed by atoms with Crippen molar-refractivity contribution in [1.82, 2.24) is 0 Å². The van der Waals surface area contributed by atoms with Gasteiger partial charge in [0.25, 0.3) is 5.91 Å². The summed E-state index contributed by atoms with van der Waals surface area (Å²) in [4.78, 5) is 27.5. The molecule has 0 aliphatic carbocycles. The molecule has 176 valence electrons. The Kier molecular flexibility index (Phi) is 6.20. The van der Waals surface area contributed by atoms with Crippen LogP contribution in [0.3, 0.4) is 0 Å². The van der Waals surface area contributed by atoms with Crippen molar-refractivity contribution in [2.45, 2.75) is 57.2 Å². The Hall–Kier alpha value is -2.55. The number of amides is 2. The molecular weight excluding hydrogens is 439 g/mol. The number of carbonyl (C=O) groups is 2. The van der Waals surface area contributed by atoms with E-state index in [9.17, 15) is 14.7 Å². The molecule has 0 bridgehead atoms. The summed E-state index contributed by atoms with van der Waals surface area (Å²) < 4.78 is 22.0. The van der Waals surface area contributed by atoms with Gasteiger partial charge in [0.1, 0.15) is 0 Å². The van der Waals surface area contributed by atoms with Crippen LogP contribution in [-0.2, 0) is 26.5 Å². The molecule has 1 spiro atoms. The molecule has 0 aromatic heterocycles. The largest absolute Gasteiger partial charge is 0.396 e. The predicted octanol–water partition coefficient (Wildman–Crippen LogP) is 4.35. The van der Waals surface area contributed by atoms with E-state index in [1.54, 1.807) is 30.1 Å². The molecule has 1 saturated heterocycles. The first-order valence-corrected chi connectivity index (χ1v) is 14.3. The lowest BCUT2D eigenvalue weighted by Gasteiger charge is -2.31. The van der Waals surface area contributed by atoms with Gasteiger partial charge in [-0.1, -0.05) is 37.3 Å². The summed E-state index contributed by atoms with van der Waals surface area (Å²) in [7, 11) is -3.24. The highest BCUT2D eigenvalue weighted by molar-refractivity contribution is 6.72. The molecule has 0 radical (unpaired) electrons. The molecule has 2 aromatic rings. The summed E-state index contributed by atoms with van der Waals surface area (Å²) in [5.41, 5.74) is 1.05. The molecule has 2 aromatic carbocycles. The third kappa shape index (κ3) is 4.00. The number of aliphatic hydroxyl groups is 1. The second-order valence-corrected chi connectivity index (χ2v) is 13.4. The summed E-state index contributed by atoms with van der Waals surface area (Å²) in [6.45, 7) is 6.79. The first kappa shape index (κ1) is 23.6. The van der Waals surface area contributed by atoms with Crippen molar-refractivity contribution < 1.29 is 23.5 Å². The molecule has 2 heterocycles. The maximum Gasteiger partial charge on any atom is 0.264 e. The van der Waals surface area contributed by atoms with Crippen molar-refractivity contribution in [3.8, 4) is 0 Å². The highest BCUT2D eigenvalue weighted by Gasteiger charge is 2.66. The van der Waals surface area contributed by atoms with Gasteiger partial charge in [0.15, 0.2) is 5.60 Å². The van der Waals surface area contributed by atoms with Gasteiger partial charge in [0.2, 0.25) is 14.3 Å². The Morgan fingerprint density at radius 3 is 2.55 bits per heavy atom. The van der Waals surface area contributed by atoms with Gasteiger partial charge in [-0.15, -0.1) is 0 Å². The number of nitrogens with zero attached hydrogens (tertiary/aromatic N) is 1. The minimum absolute atomic E-state index is 0.144. The van der Waals surface area contributed by atoms with Crippen molar-refractivity contribution in [2.75, 3.05) is 16.8 Å². The highest BCUT2D eigenvalue weighted by atomic mass is 28.4. The van der Waals surface area contributed by atoms with Crippen LogP contribution in [0.15, 0.2) is 48.5 Å².